The Hall–Kier alpha value is -1.98. The van der Waals surface area contributed by atoms with Gasteiger partial charge in [0.1, 0.15) is 6.29 Å². The standard InChI is InChI=1S/C15H15NO3S/c1-12-3-2-4-14(9-12)10-16-20(18,19)15-7-5-13(11-17)6-8-15/h2-9,11,16H,10H2,1H3. The van der Waals surface area contributed by atoms with E-state index in [2.05, 4.69) is 4.72 Å². The topological polar surface area (TPSA) is 63.2 Å². The van der Waals surface area contributed by atoms with Gasteiger partial charge in [-0.15, -0.1) is 0 Å². The van der Waals surface area contributed by atoms with E-state index < -0.39 is 10.0 Å². The largest absolute Gasteiger partial charge is 0.298 e. The van der Waals surface area contributed by atoms with Crippen LogP contribution >= 0.6 is 0 Å². The normalized spacial score (nSPS) is 11.2. The summed E-state index contributed by atoms with van der Waals surface area (Å²) in [7, 11) is -3.56. The van der Waals surface area contributed by atoms with E-state index in [1.807, 2.05) is 31.2 Å². The monoisotopic (exact) mass is 289 g/mol. The molecule has 0 bridgehead atoms. The molecule has 4 nitrogen and oxygen atoms in total. The van der Waals surface area contributed by atoms with Gasteiger partial charge in [-0.05, 0) is 24.6 Å². The van der Waals surface area contributed by atoms with Crippen molar-refractivity contribution in [2.75, 3.05) is 0 Å². The molecule has 0 aliphatic carbocycles. The summed E-state index contributed by atoms with van der Waals surface area (Å²) in [5, 5.41) is 0. The minimum atomic E-state index is -3.56. The fourth-order valence-corrected chi connectivity index (χ4v) is 2.83. The van der Waals surface area contributed by atoms with Crippen molar-refractivity contribution in [1.29, 1.82) is 0 Å². The molecule has 1 N–H and O–H groups in total. The Morgan fingerprint density at radius 2 is 1.80 bits per heavy atom. The van der Waals surface area contributed by atoms with E-state index in [1.165, 1.54) is 24.3 Å². The summed E-state index contributed by atoms with van der Waals surface area (Å²) in [5.74, 6) is 0. The smallest absolute Gasteiger partial charge is 0.240 e. The highest BCUT2D eigenvalue weighted by atomic mass is 32.2. The third-order valence-electron chi connectivity index (χ3n) is 2.88. The van der Waals surface area contributed by atoms with Crippen LogP contribution < -0.4 is 4.72 Å². The lowest BCUT2D eigenvalue weighted by molar-refractivity contribution is 0.112. The summed E-state index contributed by atoms with van der Waals surface area (Å²) >= 11 is 0. The summed E-state index contributed by atoms with van der Waals surface area (Å²) in [6.45, 7) is 2.19. The Morgan fingerprint density at radius 3 is 2.40 bits per heavy atom. The average Bonchev–Trinajstić information content (AvgIpc) is 2.45. The molecule has 0 amide bonds. The third kappa shape index (κ3) is 3.53. The molecule has 5 heteroatoms. The first-order valence-electron chi connectivity index (χ1n) is 6.12. The number of benzene rings is 2. The van der Waals surface area contributed by atoms with Crippen LogP contribution in [0.25, 0.3) is 0 Å². The van der Waals surface area contributed by atoms with E-state index in [0.29, 0.717) is 11.8 Å². The van der Waals surface area contributed by atoms with Gasteiger partial charge in [0.05, 0.1) is 4.90 Å². The van der Waals surface area contributed by atoms with Crippen molar-refractivity contribution in [2.45, 2.75) is 18.4 Å². The Labute approximate surface area is 118 Å². The number of hydrogen-bond acceptors (Lipinski definition) is 3. The van der Waals surface area contributed by atoms with Gasteiger partial charge in [-0.3, -0.25) is 4.79 Å². The van der Waals surface area contributed by atoms with Gasteiger partial charge in [-0.25, -0.2) is 13.1 Å². The molecule has 2 aromatic rings. The van der Waals surface area contributed by atoms with Crippen molar-refractivity contribution >= 4 is 16.3 Å². The second kappa shape index (κ2) is 5.98. The summed E-state index contributed by atoms with van der Waals surface area (Å²) in [5.41, 5.74) is 2.43. The van der Waals surface area contributed by atoms with Crippen molar-refractivity contribution in [3.8, 4) is 0 Å². The van der Waals surface area contributed by atoms with Crippen LogP contribution in [0.5, 0.6) is 0 Å². The van der Waals surface area contributed by atoms with Crippen LogP contribution in [-0.4, -0.2) is 14.7 Å². The van der Waals surface area contributed by atoms with Gasteiger partial charge >= 0.3 is 0 Å². The number of carbonyl (C=O) groups is 1. The number of hydrogen-bond donors (Lipinski definition) is 1. The lowest BCUT2D eigenvalue weighted by Crippen LogP contribution is -2.23. The fraction of sp³-hybridized carbons (Fsp3) is 0.133. The number of carbonyl (C=O) groups excluding carboxylic acids is 1. The molecule has 104 valence electrons. The molecule has 0 saturated heterocycles. The van der Waals surface area contributed by atoms with Gasteiger partial charge in [0.2, 0.25) is 10.0 Å². The fourth-order valence-electron chi connectivity index (χ4n) is 1.81. The van der Waals surface area contributed by atoms with Crippen LogP contribution in [0.15, 0.2) is 53.4 Å². The Bertz CT molecular complexity index is 706. The molecule has 0 heterocycles. The van der Waals surface area contributed by atoms with Crippen LogP contribution in [0, 0.1) is 6.92 Å². The Morgan fingerprint density at radius 1 is 1.10 bits per heavy atom. The second-order valence-corrected chi connectivity index (χ2v) is 6.27. The predicted octanol–water partition coefficient (Wildman–Crippen LogP) is 2.29. The molecule has 0 spiro atoms. The number of aryl methyl sites for hydroxylation is 1. The van der Waals surface area contributed by atoms with Crippen LogP contribution in [-0.2, 0) is 16.6 Å². The van der Waals surface area contributed by atoms with E-state index >= 15 is 0 Å². The molecule has 0 aromatic heterocycles. The van der Waals surface area contributed by atoms with Crippen molar-refractivity contribution in [1.82, 2.24) is 4.72 Å². The molecular weight excluding hydrogens is 274 g/mol. The summed E-state index contributed by atoms with van der Waals surface area (Å²) in [6.07, 6.45) is 0.677. The molecule has 0 aliphatic rings. The third-order valence-corrected chi connectivity index (χ3v) is 4.29. The molecule has 0 saturated carbocycles. The highest BCUT2D eigenvalue weighted by Crippen LogP contribution is 2.11. The van der Waals surface area contributed by atoms with E-state index in [4.69, 9.17) is 0 Å². The zero-order chi connectivity index (χ0) is 14.6. The van der Waals surface area contributed by atoms with Gasteiger partial charge < -0.3 is 0 Å². The molecule has 20 heavy (non-hydrogen) atoms. The number of rotatable bonds is 5. The van der Waals surface area contributed by atoms with Crippen LogP contribution in [0.1, 0.15) is 21.5 Å². The Balaban J connectivity index is 2.12. The molecular formula is C15H15NO3S. The Kier molecular flexibility index (Phi) is 4.32. The van der Waals surface area contributed by atoms with Crippen molar-refractivity contribution in [3.05, 3.63) is 65.2 Å². The minimum Gasteiger partial charge on any atom is -0.298 e. The van der Waals surface area contributed by atoms with E-state index in [0.717, 1.165) is 11.1 Å². The number of aldehydes is 1. The van der Waals surface area contributed by atoms with Crippen molar-refractivity contribution < 1.29 is 13.2 Å². The highest BCUT2D eigenvalue weighted by molar-refractivity contribution is 7.89. The molecule has 0 unspecified atom stereocenters. The molecule has 0 atom stereocenters. The van der Waals surface area contributed by atoms with Crippen LogP contribution in [0.4, 0.5) is 0 Å². The zero-order valence-corrected chi connectivity index (χ0v) is 11.9. The molecule has 2 rings (SSSR count). The van der Waals surface area contributed by atoms with Crippen molar-refractivity contribution in [2.24, 2.45) is 0 Å². The molecule has 0 fully saturated rings. The number of nitrogens with one attached hydrogen (secondary N) is 1. The highest BCUT2D eigenvalue weighted by Gasteiger charge is 2.13. The summed E-state index contributed by atoms with van der Waals surface area (Å²) < 4.78 is 26.7. The second-order valence-electron chi connectivity index (χ2n) is 4.50. The van der Waals surface area contributed by atoms with Crippen LogP contribution in [0.3, 0.4) is 0 Å². The van der Waals surface area contributed by atoms with E-state index in [9.17, 15) is 13.2 Å². The lowest BCUT2D eigenvalue weighted by Gasteiger charge is -2.07. The van der Waals surface area contributed by atoms with Crippen molar-refractivity contribution in [3.63, 3.8) is 0 Å². The maximum absolute atomic E-state index is 12.1. The average molecular weight is 289 g/mol. The van der Waals surface area contributed by atoms with E-state index in [-0.39, 0.29) is 11.4 Å². The molecule has 0 aliphatic heterocycles. The first kappa shape index (κ1) is 14.4. The lowest BCUT2D eigenvalue weighted by atomic mass is 10.1. The number of sulfonamides is 1. The maximum atomic E-state index is 12.1. The van der Waals surface area contributed by atoms with Gasteiger partial charge in [-0.2, -0.15) is 0 Å². The molecule has 0 radical (unpaired) electrons. The van der Waals surface area contributed by atoms with E-state index in [1.54, 1.807) is 0 Å². The zero-order valence-electron chi connectivity index (χ0n) is 11.0. The van der Waals surface area contributed by atoms with Gasteiger partial charge in [0, 0.05) is 12.1 Å². The van der Waals surface area contributed by atoms with Gasteiger partial charge in [-0.1, -0.05) is 42.0 Å². The SMILES string of the molecule is Cc1cccc(CNS(=O)(=O)c2ccc(C=O)cc2)c1. The van der Waals surface area contributed by atoms with Gasteiger partial charge in [0.25, 0.3) is 0 Å². The van der Waals surface area contributed by atoms with Crippen LogP contribution in [0.2, 0.25) is 0 Å². The summed E-state index contributed by atoms with van der Waals surface area (Å²) in [4.78, 5) is 10.7. The van der Waals surface area contributed by atoms with Gasteiger partial charge in [0.15, 0.2) is 0 Å². The molecule has 2 aromatic carbocycles. The quantitative estimate of drug-likeness (QED) is 0.859. The maximum Gasteiger partial charge on any atom is 0.240 e. The first-order valence-corrected chi connectivity index (χ1v) is 7.60. The summed E-state index contributed by atoms with van der Waals surface area (Å²) in [6, 6.07) is 13.4. The predicted molar refractivity (Wildman–Crippen MR) is 77.0 cm³/mol. The first-order chi connectivity index (χ1) is 9.51. The minimum absolute atomic E-state index is 0.149.